The Hall–Kier alpha value is -1.24. The first-order valence-corrected chi connectivity index (χ1v) is 6.75. The van der Waals surface area contributed by atoms with E-state index >= 15 is 0 Å². The normalized spacial score (nSPS) is 10.7. The third-order valence-electron chi connectivity index (χ3n) is 1.50. The summed E-state index contributed by atoms with van der Waals surface area (Å²) in [5, 5.41) is 4.78. The van der Waals surface area contributed by atoms with Crippen molar-refractivity contribution in [1.29, 1.82) is 0 Å². The van der Waals surface area contributed by atoms with Gasteiger partial charge in [-0.1, -0.05) is 0 Å². The summed E-state index contributed by atoms with van der Waals surface area (Å²) in [5.41, 5.74) is -0.400. The molecule has 0 fully saturated rings. The molecule has 2 N–H and O–H groups in total. The van der Waals surface area contributed by atoms with Crippen molar-refractivity contribution >= 4 is 29.7 Å². The molecule has 0 rings (SSSR count). The second-order valence-electron chi connectivity index (χ2n) is 4.55. The van der Waals surface area contributed by atoms with Crippen molar-refractivity contribution in [3.63, 3.8) is 0 Å². The van der Waals surface area contributed by atoms with Crippen LogP contribution in [0, 0.1) is 0 Å². The molecule has 7 heteroatoms. The zero-order valence-electron chi connectivity index (χ0n) is 11.2. The Morgan fingerprint density at radius 2 is 1.78 bits per heavy atom. The second kappa shape index (κ2) is 7.97. The van der Waals surface area contributed by atoms with Crippen molar-refractivity contribution < 1.29 is 19.1 Å². The highest BCUT2D eigenvalue weighted by Gasteiger charge is 2.15. The molecular weight excluding hydrogens is 256 g/mol. The molecule has 0 aliphatic carbocycles. The molecule has 0 saturated carbocycles. The number of carbonyl (C=O) groups excluding carboxylic acids is 3. The standard InChI is InChI=1S/C11H20N2O4S/c1-5-17-9(15)7-18-6-8(14)12-10(16)13-11(2,3)4/h5-7H2,1-4H3,(H2,12,13,14,16). The number of urea groups is 1. The molecular formula is C11H20N2O4S. The molecule has 0 radical (unpaired) electrons. The number of hydrogen-bond acceptors (Lipinski definition) is 5. The van der Waals surface area contributed by atoms with Crippen LogP contribution < -0.4 is 10.6 Å². The largest absolute Gasteiger partial charge is 0.465 e. The molecule has 104 valence electrons. The molecule has 0 spiro atoms. The lowest BCUT2D eigenvalue weighted by atomic mass is 10.1. The molecule has 0 aromatic heterocycles. The predicted molar refractivity (Wildman–Crippen MR) is 70.4 cm³/mol. The van der Waals surface area contributed by atoms with Crippen molar-refractivity contribution in [3.8, 4) is 0 Å². The lowest BCUT2D eigenvalue weighted by molar-refractivity contribution is -0.139. The molecule has 0 heterocycles. The number of hydrogen-bond donors (Lipinski definition) is 2. The third kappa shape index (κ3) is 9.95. The van der Waals surface area contributed by atoms with E-state index in [9.17, 15) is 14.4 Å². The molecule has 0 unspecified atom stereocenters. The molecule has 0 aromatic rings. The van der Waals surface area contributed by atoms with Crippen molar-refractivity contribution in [2.24, 2.45) is 0 Å². The summed E-state index contributed by atoms with van der Waals surface area (Å²) in [6, 6.07) is -0.538. The average Bonchev–Trinajstić information content (AvgIpc) is 2.14. The van der Waals surface area contributed by atoms with Crippen molar-refractivity contribution in [2.45, 2.75) is 33.2 Å². The summed E-state index contributed by atoms with van der Waals surface area (Å²) in [6.07, 6.45) is 0. The summed E-state index contributed by atoms with van der Waals surface area (Å²) in [6.45, 7) is 7.47. The van der Waals surface area contributed by atoms with Crippen LogP contribution in [0.2, 0.25) is 0 Å². The highest BCUT2D eigenvalue weighted by Crippen LogP contribution is 2.01. The average molecular weight is 276 g/mol. The van der Waals surface area contributed by atoms with Crippen LogP contribution in [0.5, 0.6) is 0 Å². The van der Waals surface area contributed by atoms with E-state index in [4.69, 9.17) is 4.74 Å². The lowest BCUT2D eigenvalue weighted by Crippen LogP contribution is -2.48. The van der Waals surface area contributed by atoms with Crippen LogP contribution in [0.25, 0.3) is 0 Å². The van der Waals surface area contributed by atoms with Crippen LogP contribution in [0.1, 0.15) is 27.7 Å². The Balaban J connectivity index is 3.78. The number of amides is 3. The summed E-state index contributed by atoms with van der Waals surface area (Å²) in [4.78, 5) is 33.6. The van der Waals surface area contributed by atoms with Gasteiger partial charge in [0, 0.05) is 5.54 Å². The van der Waals surface area contributed by atoms with Crippen LogP contribution in [0.4, 0.5) is 4.79 Å². The fourth-order valence-electron chi connectivity index (χ4n) is 0.964. The van der Waals surface area contributed by atoms with Crippen LogP contribution in [-0.4, -0.2) is 41.6 Å². The molecule has 3 amide bonds. The predicted octanol–water partition coefficient (Wildman–Crippen LogP) is 0.907. The van der Waals surface area contributed by atoms with E-state index in [1.54, 1.807) is 6.92 Å². The zero-order chi connectivity index (χ0) is 14.2. The van der Waals surface area contributed by atoms with E-state index in [0.717, 1.165) is 11.8 Å². The minimum Gasteiger partial charge on any atom is -0.465 e. The monoisotopic (exact) mass is 276 g/mol. The van der Waals surface area contributed by atoms with Crippen LogP contribution in [0.3, 0.4) is 0 Å². The maximum absolute atomic E-state index is 11.3. The summed E-state index contributed by atoms with van der Waals surface area (Å²) >= 11 is 1.10. The van der Waals surface area contributed by atoms with Crippen molar-refractivity contribution in [3.05, 3.63) is 0 Å². The van der Waals surface area contributed by atoms with Gasteiger partial charge in [0.2, 0.25) is 5.91 Å². The number of esters is 1. The fourth-order valence-corrected chi connectivity index (χ4v) is 1.57. The van der Waals surface area contributed by atoms with E-state index in [1.807, 2.05) is 20.8 Å². The molecule has 0 bridgehead atoms. The fraction of sp³-hybridized carbons (Fsp3) is 0.727. The van der Waals surface area contributed by atoms with Gasteiger partial charge in [0.25, 0.3) is 0 Å². The topological polar surface area (TPSA) is 84.5 Å². The van der Waals surface area contributed by atoms with Gasteiger partial charge < -0.3 is 10.1 Å². The van der Waals surface area contributed by atoms with Gasteiger partial charge in [-0.05, 0) is 27.7 Å². The van der Waals surface area contributed by atoms with Crippen LogP contribution in [0.15, 0.2) is 0 Å². The quantitative estimate of drug-likeness (QED) is 0.729. The summed E-state index contributed by atoms with van der Waals surface area (Å²) in [5.74, 6) is -0.668. The first kappa shape index (κ1) is 16.8. The number of carbonyl (C=O) groups is 3. The number of ether oxygens (including phenoxy) is 1. The highest BCUT2D eigenvalue weighted by atomic mass is 32.2. The lowest BCUT2D eigenvalue weighted by Gasteiger charge is -2.20. The third-order valence-corrected chi connectivity index (χ3v) is 2.41. The number of thioether (sulfide) groups is 1. The van der Waals surface area contributed by atoms with Gasteiger partial charge in [0.05, 0.1) is 18.1 Å². The maximum Gasteiger partial charge on any atom is 0.321 e. The SMILES string of the molecule is CCOC(=O)CSCC(=O)NC(=O)NC(C)(C)C. The van der Waals surface area contributed by atoms with Gasteiger partial charge in [-0.25, -0.2) is 4.79 Å². The van der Waals surface area contributed by atoms with Crippen molar-refractivity contribution in [2.75, 3.05) is 18.1 Å². The van der Waals surface area contributed by atoms with Crippen LogP contribution >= 0.6 is 11.8 Å². The molecule has 0 aliphatic heterocycles. The van der Waals surface area contributed by atoms with Crippen LogP contribution in [-0.2, 0) is 14.3 Å². The van der Waals surface area contributed by atoms with E-state index < -0.39 is 17.5 Å². The molecule has 0 saturated heterocycles. The van der Waals surface area contributed by atoms with E-state index in [0.29, 0.717) is 6.61 Å². The van der Waals surface area contributed by atoms with Crippen molar-refractivity contribution in [1.82, 2.24) is 10.6 Å². The summed E-state index contributed by atoms with van der Waals surface area (Å²) in [7, 11) is 0. The zero-order valence-corrected chi connectivity index (χ0v) is 12.0. The smallest absolute Gasteiger partial charge is 0.321 e. The summed E-state index contributed by atoms with van der Waals surface area (Å²) < 4.78 is 4.70. The van der Waals surface area contributed by atoms with Gasteiger partial charge in [-0.2, -0.15) is 0 Å². The Labute approximate surface area is 111 Å². The number of nitrogens with one attached hydrogen (secondary N) is 2. The Morgan fingerprint density at radius 1 is 1.17 bits per heavy atom. The van der Waals surface area contributed by atoms with E-state index in [2.05, 4.69) is 10.6 Å². The van der Waals surface area contributed by atoms with Gasteiger partial charge in [-0.15, -0.1) is 11.8 Å². The highest BCUT2D eigenvalue weighted by molar-refractivity contribution is 8.00. The molecule has 6 nitrogen and oxygen atoms in total. The molecule has 0 aliphatic rings. The Kier molecular flexibility index (Phi) is 7.42. The number of rotatable bonds is 5. The molecule has 0 aromatic carbocycles. The first-order chi connectivity index (χ1) is 8.24. The first-order valence-electron chi connectivity index (χ1n) is 5.60. The Morgan fingerprint density at radius 3 is 2.28 bits per heavy atom. The molecule has 18 heavy (non-hydrogen) atoms. The Bertz CT molecular complexity index is 313. The van der Waals surface area contributed by atoms with Gasteiger partial charge in [0.1, 0.15) is 0 Å². The minimum atomic E-state index is -0.538. The van der Waals surface area contributed by atoms with Gasteiger partial charge >= 0.3 is 12.0 Å². The van der Waals surface area contributed by atoms with Gasteiger partial charge in [0.15, 0.2) is 0 Å². The minimum absolute atomic E-state index is 0.0381. The number of imide groups is 1. The maximum atomic E-state index is 11.3. The van der Waals surface area contributed by atoms with Gasteiger partial charge in [-0.3, -0.25) is 14.9 Å². The van der Waals surface area contributed by atoms with E-state index in [1.165, 1.54) is 0 Å². The van der Waals surface area contributed by atoms with E-state index in [-0.39, 0.29) is 17.5 Å². The second-order valence-corrected chi connectivity index (χ2v) is 5.54. The molecule has 0 atom stereocenters.